The first-order chi connectivity index (χ1) is 16.6. The minimum Gasteiger partial charge on any atom is -0.407 e. The van der Waals surface area contributed by atoms with E-state index in [2.05, 4.69) is 53.8 Å². The number of aryl methyl sites for hydroxylation is 2. The number of hydrogen-bond acceptors (Lipinski definition) is 10. The van der Waals surface area contributed by atoms with Crippen LogP contribution in [-0.2, 0) is 24.1 Å². The quantitative estimate of drug-likeness (QED) is 0.464. The Labute approximate surface area is 223 Å². The van der Waals surface area contributed by atoms with E-state index in [0.717, 1.165) is 17.6 Å². The number of nitrogens with zero attached hydrogens (tertiary/aromatic N) is 4. The second kappa shape index (κ2) is 12.4. The van der Waals surface area contributed by atoms with E-state index < -0.39 is 50.7 Å². The molecule has 4 atom stereocenters. The van der Waals surface area contributed by atoms with E-state index in [9.17, 15) is 21.9 Å². The molecule has 0 fully saturated rings. The van der Waals surface area contributed by atoms with Crippen molar-refractivity contribution in [3.8, 4) is 0 Å². The van der Waals surface area contributed by atoms with Gasteiger partial charge in [-0.25, -0.2) is 16.8 Å². The Kier molecular flexibility index (Phi) is 11.1. The predicted octanol–water partition coefficient (Wildman–Crippen LogP) is 3.53. The summed E-state index contributed by atoms with van der Waals surface area (Å²) < 4.78 is 52.9. The van der Waals surface area contributed by atoms with Gasteiger partial charge in [0.05, 0.1) is 45.7 Å². The summed E-state index contributed by atoms with van der Waals surface area (Å²) in [6.07, 6.45) is 6.75. The minimum absolute atomic E-state index is 0.0133. The molecule has 37 heavy (non-hydrogen) atoms. The van der Waals surface area contributed by atoms with Gasteiger partial charge in [0.2, 0.25) is 0 Å². The summed E-state index contributed by atoms with van der Waals surface area (Å²) in [7, 11) is -8.67. The number of rotatable bonds is 8. The fourth-order valence-corrected chi connectivity index (χ4v) is 5.36. The van der Waals surface area contributed by atoms with E-state index in [1.54, 1.807) is 26.2 Å². The molecule has 0 saturated heterocycles. The van der Waals surface area contributed by atoms with Gasteiger partial charge in [-0.05, 0) is 45.8 Å². The molecule has 0 saturated carbocycles. The van der Waals surface area contributed by atoms with Crippen LogP contribution in [0.4, 0.5) is 0 Å². The Bertz CT molecular complexity index is 1230. The monoisotopic (exact) mass is 574 g/mol. The molecule has 2 aromatic rings. The van der Waals surface area contributed by atoms with Crippen LogP contribution in [-0.4, -0.2) is 73.2 Å². The van der Waals surface area contributed by atoms with Crippen LogP contribution in [0, 0.1) is 13.8 Å². The van der Waals surface area contributed by atoms with E-state index in [4.69, 9.17) is 4.43 Å². The lowest BCUT2D eigenvalue weighted by molar-refractivity contribution is 0.171. The van der Waals surface area contributed by atoms with Crippen LogP contribution in [0.25, 0.3) is 0 Å². The molecule has 0 bridgehead atoms. The zero-order chi connectivity index (χ0) is 29.0. The van der Waals surface area contributed by atoms with Crippen LogP contribution in [0.3, 0.4) is 0 Å². The average molecular weight is 575 g/mol. The molecule has 0 amide bonds. The van der Waals surface area contributed by atoms with E-state index in [1.807, 2.05) is 6.92 Å². The molecule has 13 heteroatoms. The fraction of sp³-hybridized carbons (Fsp3) is 0.667. The lowest BCUT2D eigenvalue weighted by Crippen LogP contribution is -2.44. The summed E-state index contributed by atoms with van der Waals surface area (Å²) in [5, 5.41) is 8.17. The van der Waals surface area contributed by atoms with Crippen molar-refractivity contribution in [2.45, 2.75) is 89.3 Å². The van der Waals surface area contributed by atoms with Gasteiger partial charge in [0.1, 0.15) is 12.2 Å². The summed E-state index contributed by atoms with van der Waals surface area (Å²) in [5.74, 6) is 0. The zero-order valence-electron chi connectivity index (χ0n) is 23.7. The van der Waals surface area contributed by atoms with Crippen LogP contribution >= 0.6 is 0 Å². The lowest BCUT2D eigenvalue weighted by atomic mass is 10.2. The Morgan fingerprint density at radius 2 is 1.19 bits per heavy atom. The summed E-state index contributed by atoms with van der Waals surface area (Å²) in [6.45, 7) is 17.3. The molecule has 210 valence electrons. The predicted molar refractivity (Wildman–Crippen MR) is 148 cm³/mol. The van der Waals surface area contributed by atoms with Crippen molar-refractivity contribution in [1.29, 1.82) is 0 Å². The Hall–Kier alpha value is -1.80. The van der Waals surface area contributed by atoms with Crippen LogP contribution in [0.2, 0.25) is 18.1 Å². The summed E-state index contributed by atoms with van der Waals surface area (Å²) in [6, 6.07) is 0. The molecule has 0 radical (unpaired) electrons. The number of aliphatic hydroxyl groups is 1. The van der Waals surface area contributed by atoms with Crippen LogP contribution in [0.15, 0.2) is 24.8 Å². The number of hydrogen-bond donors (Lipinski definition) is 1. The highest BCUT2D eigenvalue weighted by molar-refractivity contribution is 7.91. The van der Waals surface area contributed by atoms with E-state index in [-0.39, 0.29) is 10.7 Å². The zero-order valence-corrected chi connectivity index (χ0v) is 26.3. The van der Waals surface area contributed by atoms with E-state index in [0.29, 0.717) is 5.69 Å². The highest BCUT2D eigenvalue weighted by atomic mass is 32.2. The molecule has 0 aliphatic heterocycles. The summed E-state index contributed by atoms with van der Waals surface area (Å²) in [5.41, 5.74) is 2.37. The van der Waals surface area contributed by atoms with Crippen LogP contribution < -0.4 is 0 Å². The molecule has 1 N–H and O–H groups in total. The lowest BCUT2D eigenvalue weighted by Gasteiger charge is -2.40. The van der Waals surface area contributed by atoms with Crippen molar-refractivity contribution in [1.82, 2.24) is 19.9 Å². The maximum Gasteiger partial charge on any atom is 0.193 e. The molecule has 2 rings (SSSR count). The molecule has 2 heterocycles. The standard InChI is InChI=1S/C15H28N2O3SSi.C9H14N2O3S/c1-11-9-17-13(10-16-11)14(12(2)21(6,18)19)20-22(7,8)15(3,4)5;1-6-4-11-8(5-10-6)9(12)7(2)15(3,13)14/h9-10,12,14H,1-8H3;4-5,7,9,12H,1-3H3/t12-,14-;7-,9-/m00/s1. The van der Waals surface area contributed by atoms with Gasteiger partial charge in [-0.15, -0.1) is 0 Å². The van der Waals surface area contributed by atoms with Gasteiger partial charge in [0, 0.05) is 24.9 Å². The molecule has 0 spiro atoms. The summed E-state index contributed by atoms with van der Waals surface area (Å²) in [4.78, 5) is 16.5. The minimum atomic E-state index is -3.28. The van der Waals surface area contributed by atoms with E-state index >= 15 is 0 Å². The molecule has 2 aromatic heterocycles. The summed E-state index contributed by atoms with van der Waals surface area (Å²) >= 11 is 0. The van der Waals surface area contributed by atoms with Crippen molar-refractivity contribution in [2.75, 3.05) is 12.5 Å². The van der Waals surface area contributed by atoms with Crippen molar-refractivity contribution in [2.24, 2.45) is 0 Å². The maximum atomic E-state index is 12.0. The third-order valence-corrected chi connectivity index (χ3v) is 14.3. The molecular weight excluding hydrogens is 533 g/mol. The molecule has 0 aromatic carbocycles. The highest BCUT2D eigenvalue weighted by Crippen LogP contribution is 2.41. The normalized spacial score (nSPS) is 16.2. The van der Waals surface area contributed by atoms with Crippen molar-refractivity contribution in [3.05, 3.63) is 47.6 Å². The number of aromatic nitrogens is 4. The molecule has 0 aliphatic rings. The molecule has 0 unspecified atom stereocenters. The van der Waals surface area contributed by atoms with Gasteiger partial charge in [0.15, 0.2) is 28.0 Å². The first-order valence-corrected chi connectivity index (χ1v) is 18.7. The third kappa shape index (κ3) is 9.78. The van der Waals surface area contributed by atoms with Crippen molar-refractivity contribution >= 4 is 28.0 Å². The number of sulfone groups is 2. The first-order valence-electron chi connectivity index (χ1n) is 11.9. The molecule has 10 nitrogen and oxygen atoms in total. The second-order valence-electron chi connectivity index (χ2n) is 11.0. The van der Waals surface area contributed by atoms with Gasteiger partial charge >= 0.3 is 0 Å². The largest absolute Gasteiger partial charge is 0.407 e. The van der Waals surface area contributed by atoms with Crippen LogP contribution in [0.5, 0.6) is 0 Å². The van der Waals surface area contributed by atoms with Gasteiger partial charge in [0.25, 0.3) is 0 Å². The fourth-order valence-electron chi connectivity index (χ4n) is 2.69. The van der Waals surface area contributed by atoms with Crippen molar-refractivity contribution < 1.29 is 26.4 Å². The topological polar surface area (TPSA) is 149 Å². The van der Waals surface area contributed by atoms with E-state index in [1.165, 1.54) is 25.6 Å². The second-order valence-corrected chi connectivity index (χ2v) is 20.5. The highest BCUT2D eigenvalue weighted by Gasteiger charge is 2.42. The van der Waals surface area contributed by atoms with Gasteiger partial charge < -0.3 is 9.53 Å². The SMILES string of the molecule is Cc1cnc([C@@H](O)[C@H](C)S(C)(=O)=O)cn1.Cc1cnc([C@@H](O[Si](C)(C)C(C)(C)C)[C@H](C)S(C)(=O)=O)cn1. The Morgan fingerprint density at radius 3 is 1.51 bits per heavy atom. The molecule has 0 aliphatic carbocycles. The van der Waals surface area contributed by atoms with Gasteiger partial charge in [-0.2, -0.15) is 0 Å². The third-order valence-electron chi connectivity index (χ3n) is 6.65. The first kappa shape index (κ1) is 33.2. The number of aliphatic hydroxyl groups excluding tert-OH is 1. The van der Waals surface area contributed by atoms with Crippen LogP contribution in [0.1, 0.15) is 69.6 Å². The smallest absolute Gasteiger partial charge is 0.193 e. The Morgan fingerprint density at radius 1 is 0.784 bits per heavy atom. The Balaban J connectivity index is 0.000000397. The maximum absolute atomic E-state index is 12.0. The average Bonchev–Trinajstić information content (AvgIpc) is 2.75. The van der Waals surface area contributed by atoms with Gasteiger partial charge in [-0.1, -0.05) is 20.8 Å². The van der Waals surface area contributed by atoms with Gasteiger partial charge in [-0.3, -0.25) is 19.9 Å². The molecular formula is C24H42N4O6S2Si. The van der Waals surface area contributed by atoms with Crippen molar-refractivity contribution in [3.63, 3.8) is 0 Å².